The van der Waals surface area contributed by atoms with Crippen LogP contribution in [-0.4, -0.2) is 19.5 Å². The normalized spacial score (nSPS) is 11.1. The molecule has 0 aromatic heterocycles. The van der Waals surface area contributed by atoms with Crippen LogP contribution in [0, 0.1) is 0 Å². The average molecular weight is 267 g/mol. The van der Waals surface area contributed by atoms with E-state index in [0.29, 0.717) is 0 Å². The van der Waals surface area contributed by atoms with E-state index in [4.69, 9.17) is 11.6 Å². The number of hydrogen-bond acceptors (Lipinski definition) is 2. The Hall–Kier alpha value is -1.43. The summed E-state index contributed by atoms with van der Waals surface area (Å²) in [5.74, 6) is -0.291. The van der Waals surface area contributed by atoms with Crippen molar-refractivity contribution >= 4 is 23.2 Å². The molecule has 1 aromatic rings. The Labute approximate surface area is 101 Å². The molecule has 2 N–H and O–H groups in total. The first kappa shape index (κ1) is 13.6. The van der Waals surface area contributed by atoms with Gasteiger partial charge in [0.05, 0.1) is 22.8 Å². The van der Waals surface area contributed by atoms with Crippen LogP contribution in [0.3, 0.4) is 0 Å². The Morgan fingerprint density at radius 3 is 2.53 bits per heavy atom. The smallest absolute Gasteiger partial charge is 0.375 e. The molecule has 17 heavy (non-hydrogen) atoms. The maximum atomic E-state index is 12.3. The van der Waals surface area contributed by atoms with Crippen LogP contribution in [0.5, 0.6) is 0 Å². The van der Waals surface area contributed by atoms with Crippen LogP contribution in [0.4, 0.5) is 18.9 Å². The number of anilines is 1. The predicted octanol–water partition coefficient (Wildman–Crippen LogP) is 2.52. The summed E-state index contributed by atoms with van der Waals surface area (Å²) in [5.41, 5.74) is -0.545. The van der Waals surface area contributed by atoms with Crippen molar-refractivity contribution in [2.45, 2.75) is 6.18 Å². The number of alkyl halides is 3. The largest absolute Gasteiger partial charge is 0.416 e. The van der Waals surface area contributed by atoms with Crippen LogP contribution >= 0.6 is 11.6 Å². The average Bonchev–Trinajstić information content (AvgIpc) is 2.25. The zero-order valence-corrected chi connectivity index (χ0v) is 9.62. The van der Waals surface area contributed by atoms with Gasteiger partial charge in [-0.05, 0) is 18.2 Å². The molecule has 1 rings (SSSR count). The summed E-state index contributed by atoms with van der Waals surface area (Å²) in [6, 6.07) is 2.90. The number of rotatable bonds is 3. The Morgan fingerprint density at radius 1 is 1.41 bits per heavy atom. The number of benzene rings is 1. The monoisotopic (exact) mass is 266 g/mol. The second-order valence-electron chi connectivity index (χ2n) is 3.22. The fraction of sp³-hybridized carbons (Fsp3) is 0.300. The van der Waals surface area contributed by atoms with E-state index >= 15 is 0 Å². The van der Waals surface area contributed by atoms with Crippen LogP contribution in [0.1, 0.15) is 5.56 Å². The number of likely N-dealkylation sites (N-methyl/N-ethyl adjacent to an activating group) is 1. The van der Waals surface area contributed by atoms with Crippen LogP contribution in [0.2, 0.25) is 5.02 Å². The molecule has 0 atom stereocenters. The highest BCUT2D eigenvalue weighted by Crippen LogP contribution is 2.33. The molecule has 0 bridgehead atoms. The van der Waals surface area contributed by atoms with Crippen LogP contribution < -0.4 is 10.6 Å². The van der Waals surface area contributed by atoms with E-state index < -0.39 is 11.7 Å². The Kier molecular flexibility index (Phi) is 4.22. The lowest BCUT2D eigenvalue weighted by atomic mass is 10.2. The highest BCUT2D eigenvalue weighted by atomic mass is 35.5. The second kappa shape index (κ2) is 5.27. The van der Waals surface area contributed by atoms with E-state index in [1.54, 1.807) is 0 Å². The molecule has 0 aliphatic heterocycles. The van der Waals surface area contributed by atoms with Gasteiger partial charge >= 0.3 is 6.18 Å². The van der Waals surface area contributed by atoms with Crippen molar-refractivity contribution in [2.24, 2.45) is 0 Å². The van der Waals surface area contributed by atoms with E-state index in [2.05, 4.69) is 10.6 Å². The molecule has 1 aromatic carbocycles. The first-order chi connectivity index (χ1) is 7.84. The fourth-order valence-electron chi connectivity index (χ4n) is 1.10. The van der Waals surface area contributed by atoms with E-state index in [1.807, 2.05) is 0 Å². The third-order valence-corrected chi connectivity index (χ3v) is 2.33. The Balaban J connectivity index is 2.80. The number of halogens is 4. The highest BCUT2D eigenvalue weighted by Gasteiger charge is 2.30. The summed E-state index contributed by atoms with van der Waals surface area (Å²) in [6.45, 7) is -0.0540. The summed E-state index contributed by atoms with van der Waals surface area (Å²) in [5, 5.41) is 4.92. The van der Waals surface area contributed by atoms with Crippen molar-refractivity contribution < 1.29 is 18.0 Å². The molecule has 0 unspecified atom stereocenters. The van der Waals surface area contributed by atoms with Crippen molar-refractivity contribution in [3.63, 3.8) is 0 Å². The van der Waals surface area contributed by atoms with Gasteiger partial charge in [-0.15, -0.1) is 0 Å². The molecular weight excluding hydrogens is 257 g/mol. The van der Waals surface area contributed by atoms with Gasteiger partial charge in [-0.3, -0.25) is 4.79 Å². The molecule has 94 valence electrons. The fourth-order valence-corrected chi connectivity index (χ4v) is 1.35. The van der Waals surface area contributed by atoms with Gasteiger partial charge in [0.15, 0.2) is 0 Å². The number of carbonyl (C=O) groups excluding carboxylic acids is 1. The molecule has 0 heterocycles. The quantitative estimate of drug-likeness (QED) is 0.883. The third kappa shape index (κ3) is 3.81. The summed E-state index contributed by atoms with van der Waals surface area (Å²) in [7, 11) is 1.46. The van der Waals surface area contributed by atoms with Gasteiger partial charge in [0.1, 0.15) is 0 Å². The number of amides is 1. The first-order valence-corrected chi connectivity index (χ1v) is 5.03. The molecule has 0 aliphatic carbocycles. The number of hydrogen-bond donors (Lipinski definition) is 2. The Bertz CT molecular complexity index is 421. The van der Waals surface area contributed by atoms with Crippen LogP contribution in [-0.2, 0) is 11.0 Å². The first-order valence-electron chi connectivity index (χ1n) is 4.66. The molecule has 0 fully saturated rings. The van der Waals surface area contributed by atoms with Crippen molar-refractivity contribution in [1.82, 2.24) is 5.32 Å². The lowest BCUT2D eigenvalue weighted by molar-refractivity contribution is -0.137. The van der Waals surface area contributed by atoms with E-state index in [0.717, 1.165) is 12.1 Å². The lowest BCUT2D eigenvalue weighted by Crippen LogP contribution is -2.26. The van der Waals surface area contributed by atoms with Crippen LogP contribution in [0.25, 0.3) is 0 Å². The lowest BCUT2D eigenvalue weighted by Gasteiger charge is -2.11. The zero-order valence-electron chi connectivity index (χ0n) is 8.86. The van der Waals surface area contributed by atoms with E-state index in [1.165, 1.54) is 13.1 Å². The standard InChI is InChI=1S/C10H10ClF3N2O/c1-15-9(17)5-16-8-3-2-6(4-7(8)11)10(12,13)14/h2-4,16H,5H2,1H3,(H,15,17). The molecule has 7 heteroatoms. The molecule has 3 nitrogen and oxygen atoms in total. The number of nitrogens with one attached hydrogen (secondary N) is 2. The van der Waals surface area contributed by atoms with E-state index in [-0.39, 0.29) is 23.2 Å². The maximum absolute atomic E-state index is 12.3. The summed E-state index contributed by atoms with van der Waals surface area (Å²) in [6.07, 6.45) is -4.43. The SMILES string of the molecule is CNC(=O)CNc1ccc(C(F)(F)F)cc1Cl. The van der Waals surface area contributed by atoms with Crippen molar-refractivity contribution in [3.8, 4) is 0 Å². The second-order valence-corrected chi connectivity index (χ2v) is 3.63. The highest BCUT2D eigenvalue weighted by molar-refractivity contribution is 6.33. The van der Waals surface area contributed by atoms with Crippen LogP contribution in [0.15, 0.2) is 18.2 Å². The van der Waals surface area contributed by atoms with Crippen molar-refractivity contribution in [3.05, 3.63) is 28.8 Å². The van der Waals surface area contributed by atoms with Gasteiger partial charge in [0, 0.05) is 7.05 Å². The topological polar surface area (TPSA) is 41.1 Å². The predicted molar refractivity (Wildman–Crippen MR) is 59.0 cm³/mol. The molecule has 0 aliphatic rings. The van der Waals surface area contributed by atoms with Gasteiger partial charge in [-0.25, -0.2) is 0 Å². The van der Waals surface area contributed by atoms with E-state index in [9.17, 15) is 18.0 Å². The van der Waals surface area contributed by atoms with Gasteiger partial charge in [0.2, 0.25) is 5.91 Å². The minimum atomic E-state index is -4.43. The van der Waals surface area contributed by atoms with Gasteiger partial charge in [-0.1, -0.05) is 11.6 Å². The summed E-state index contributed by atoms with van der Waals surface area (Å²) in [4.78, 5) is 10.9. The summed E-state index contributed by atoms with van der Waals surface area (Å²) < 4.78 is 37.0. The minimum Gasteiger partial charge on any atom is -0.375 e. The van der Waals surface area contributed by atoms with Gasteiger partial charge < -0.3 is 10.6 Å². The molecule has 0 saturated carbocycles. The third-order valence-electron chi connectivity index (χ3n) is 2.01. The summed E-state index contributed by atoms with van der Waals surface area (Å²) >= 11 is 5.67. The molecular formula is C10H10ClF3N2O. The molecule has 1 amide bonds. The molecule has 0 spiro atoms. The van der Waals surface area contributed by atoms with Gasteiger partial charge in [0.25, 0.3) is 0 Å². The van der Waals surface area contributed by atoms with Gasteiger partial charge in [-0.2, -0.15) is 13.2 Å². The van der Waals surface area contributed by atoms with Crippen molar-refractivity contribution in [1.29, 1.82) is 0 Å². The zero-order chi connectivity index (χ0) is 13.1. The minimum absolute atomic E-state index is 0.0540. The van der Waals surface area contributed by atoms with Crippen molar-refractivity contribution in [2.75, 3.05) is 18.9 Å². The number of carbonyl (C=O) groups is 1. The molecule has 0 saturated heterocycles. The Morgan fingerprint density at radius 2 is 2.06 bits per heavy atom. The molecule has 0 radical (unpaired) electrons. The maximum Gasteiger partial charge on any atom is 0.416 e.